The Morgan fingerprint density at radius 3 is 2.76 bits per heavy atom. The average Bonchev–Trinajstić information content (AvgIpc) is 2.70. The maximum Gasteiger partial charge on any atom is 0.267 e. The molecule has 17 heavy (non-hydrogen) atoms. The Labute approximate surface area is 103 Å². The van der Waals surface area contributed by atoms with Crippen LogP contribution in [-0.4, -0.2) is 10.9 Å². The average molecular weight is 247 g/mol. The van der Waals surface area contributed by atoms with E-state index in [4.69, 9.17) is 5.73 Å². The van der Waals surface area contributed by atoms with Crippen molar-refractivity contribution in [2.75, 3.05) is 11.1 Å². The summed E-state index contributed by atoms with van der Waals surface area (Å²) < 4.78 is 0. The van der Waals surface area contributed by atoms with Crippen LogP contribution in [0.15, 0.2) is 24.4 Å². The van der Waals surface area contributed by atoms with Gasteiger partial charge in [-0.2, -0.15) is 0 Å². The standard InChI is InChI=1S/C12H13N3OS/c1-7-5-9(3-4-10(7)13)15-12(16)11-6-14-8(2)17-11/h3-6H,13H2,1-2H3,(H,15,16). The number of anilines is 2. The zero-order valence-electron chi connectivity index (χ0n) is 9.65. The van der Waals surface area contributed by atoms with Crippen molar-refractivity contribution in [2.45, 2.75) is 13.8 Å². The van der Waals surface area contributed by atoms with Gasteiger partial charge < -0.3 is 11.1 Å². The molecular weight excluding hydrogens is 234 g/mol. The first kappa shape index (κ1) is 11.6. The minimum Gasteiger partial charge on any atom is -0.399 e. The van der Waals surface area contributed by atoms with Gasteiger partial charge in [0, 0.05) is 11.4 Å². The van der Waals surface area contributed by atoms with Crippen LogP contribution in [0.1, 0.15) is 20.2 Å². The van der Waals surface area contributed by atoms with Crippen LogP contribution in [0.5, 0.6) is 0 Å². The van der Waals surface area contributed by atoms with Gasteiger partial charge >= 0.3 is 0 Å². The van der Waals surface area contributed by atoms with Crippen LogP contribution >= 0.6 is 11.3 Å². The fourth-order valence-electron chi connectivity index (χ4n) is 1.41. The minimum atomic E-state index is -0.139. The van der Waals surface area contributed by atoms with E-state index >= 15 is 0 Å². The Kier molecular flexibility index (Phi) is 3.10. The lowest BCUT2D eigenvalue weighted by Gasteiger charge is -2.06. The van der Waals surface area contributed by atoms with E-state index in [2.05, 4.69) is 10.3 Å². The summed E-state index contributed by atoms with van der Waals surface area (Å²) in [6.45, 7) is 3.77. The van der Waals surface area contributed by atoms with E-state index in [0.29, 0.717) is 4.88 Å². The predicted molar refractivity (Wildman–Crippen MR) is 70.4 cm³/mol. The fraction of sp³-hybridized carbons (Fsp3) is 0.167. The lowest BCUT2D eigenvalue weighted by molar-refractivity contribution is 0.103. The van der Waals surface area contributed by atoms with Gasteiger partial charge in [-0.15, -0.1) is 11.3 Å². The lowest BCUT2D eigenvalue weighted by atomic mass is 10.2. The zero-order chi connectivity index (χ0) is 12.4. The van der Waals surface area contributed by atoms with E-state index in [1.165, 1.54) is 11.3 Å². The summed E-state index contributed by atoms with van der Waals surface area (Å²) in [6.07, 6.45) is 1.58. The highest BCUT2D eigenvalue weighted by molar-refractivity contribution is 7.13. The molecule has 0 radical (unpaired) electrons. The minimum absolute atomic E-state index is 0.139. The molecule has 2 rings (SSSR count). The number of benzene rings is 1. The quantitative estimate of drug-likeness (QED) is 0.801. The molecule has 1 aromatic carbocycles. The van der Waals surface area contributed by atoms with E-state index in [1.807, 2.05) is 19.9 Å². The number of aromatic nitrogens is 1. The van der Waals surface area contributed by atoms with Gasteiger partial charge in [-0.3, -0.25) is 4.79 Å². The number of nitrogens with zero attached hydrogens (tertiary/aromatic N) is 1. The van der Waals surface area contributed by atoms with Crippen molar-refractivity contribution in [1.82, 2.24) is 4.98 Å². The predicted octanol–water partition coefficient (Wildman–Crippen LogP) is 2.59. The maximum atomic E-state index is 11.9. The van der Waals surface area contributed by atoms with Gasteiger partial charge in [-0.25, -0.2) is 4.98 Å². The van der Waals surface area contributed by atoms with Gasteiger partial charge in [-0.1, -0.05) is 0 Å². The van der Waals surface area contributed by atoms with Gasteiger partial charge in [0.15, 0.2) is 0 Å². The summed E-state index contributed by atoms with van der Waals surface area (Å²) in [5.41, 5.74) is 8.12. The maximum absolute atomic E-state index is 11.9. The molecule has 1 heterocycles. The summed E-state index contributed by atoms with van der Waals surface area (Å²) in [6, 6.07) is 5.41. The number of nitrogens with two attached hydrogens (primary N) is 1. The molecule has 0 atom stereocenters. The van der Waals surface area contributed by atoms with Crippen molar-refractivity contribution in [3.63, 3.8) is 0 Å². The molecule has 0 aliphatic carbocycles. The number of nitrogen functional groups attached to an aromatic ring is 1. The molecule has 0 aliphatic heterocycles. The number of hydrogen-bond acceptors (Lipinski definition) is 4. The number of hydrogen-bond donors (Lipinski definition) is 2. The number of carbonyl (C=O) groups is 1. The second-order valence-corrected chi connectivity index (χ2v) is 5.00. The first-order valence-corrected chi connectivity index (χ1v) is 5.98. The number of carbonyl (C=O) groups excluding carboxylic acids is 1. The molecule has 5 heteroatoms. The molecule has 0 fully saturated rings. The molecule has 0 saturated heterocycles. The molecule has 2 aromatic rings. The van der Waals surface area contributed by atoms with E-state index in [-0.39, 0.29) is 5.91 Å². The van der Waals surface area contributed by atoms with E-state index in [9.17, 15) is 4.79 Å². The van der Waals surface area contributed by atoms with E-state index in [0.717, 1.165) is 21.9 Å². The third-order valence-electron chi connectivity index (χ3n) is 2.37. The van der Waals surface area contributed by atoms with Crippen molar-refractivity contribution < 1.29 is 4.79 Å². The summed E-state index contributed by atoms with van der Waals surface area (Å²) in [7, 11) is 0. The van der Waals surface area contributed by atoms with Crippen LogP contribution in [0.4, 0.5) is 11.4 Å². The van der Waals surface area contributed by atoms with Crippen molar-refractivity contribution in [3.05, 3.63) is 39.8 Å². The summed E-state index contributed by atoms with van der Waals surface area (Å²) in [5.74, 6) is -0.139. The van der Waals surface area contributed by atoms with Gasteiger partial charge in [0.25, 0.3) is 5.91 Å². The zero-order valence-corrected chi connectivity index (χ0v) is 10.5. The summed E-state index contributed by atoms with van der Waals surface area (Å²) in [5, 5.41) is 3.69. The van der Waals surface area contributed by atoms with Crippen molar-refractivity contribution in [1.29, 1.82) is 0 Å². The number of aryl methyl sites for hydroxylation is 2. The molecule has 3 N–H and O–H groups in total. The third-order valence-corrected chi connectivity index (χ3v) is 3.28. The van der Waals surface area contributed by atoms with Crippen molar-refractivity contribution in [3.8, 4) is 0 Å². The Bertz CT molecular complexity index is 563. The monoisotopic (exact) mass is 247 g/mol. The van der Waals surface area contributed by atoms with E-state index in [1.54, 1.807) is 18.3 Å². The smallest absolute Gasteiger partial charge is 0.267 e. The molecule has 1 amide bonds. The van der Waals surface area contributed by atoms with Crippen LogP contribution in [0.3, 0.4) is 0 Å². The Morgan fingerprint density at radius 1 is 1.41 bits per heavy atom. The van der Waals surface area contributed by atoms with Crippen LogP contribution in [-0.2, 0) is 0 Å². The highest BCUT2D eigenvalue weighted by Gasteiger charge is 2.09. The Balaban J connectivity index is 2.15. The molecule has 88 valence electrons. The second-order valence-electron chi connectivity index (χ2n) is 3.77. The highest BCUT2D eigenvalue weighted by atomic mass is 32.1. The Morgan fingerprint density at radius 2 is 2.18 bits per heavy atom. The number of rotatable bonds is 2. The van der Waals surface area contributed by atoms with Crippen LogP contribution in [0, 0.1) is 13.8 Å². The largest absolute Gasteiger partial charge is 0.399 e. The fourth-order valence-corrected chi connectivity index (χ4v) is 2.09. The highest BCUT2D eigenvalue weighted by Crippen LogP contribution is 2.18. The van der Waals surface area contributed by atoms with Crippen molar-refractivity contribution in [2.24, 2.45) is 0 Å². The first-order chi connectivity index (χ1) is 8.06. The lowest BCUT2D eigenvalue weighted by Crippen LogP contribution is -2.10. The van der Waals surface area contributed by atoms with Crippen molar-refractivity contribution >= 4 is 28.6 Å². The Hall–Kier alpha value is -1.88. The van der Waals surface area contributed by atoms with Crippen LogP contribution in [0.25, 0.3) is 0 Å². The molecule has 0 saturated carbocycles. The van der Waals surface area contributed by atoms with Gasteiger partial charge in [-0.05, 0) is 37.6 Å². The van der Waals surface area contributed by atoms with Crippen LogP contribution < -0.4 is 11.1 Å². The molecule has 4 nitrogen and oxygen atoms in total. The van der Waals surface area contributed by atoms with E-state index < -0.39 is 0 Å². The second kappa shape index (κ2) is 4.55. The topological polar surface area (TPSA) is 68.0 Å². The molecule has 1 aromatic heterocycles. The molecule has 0 spiro atoms. The number of nitrogens with one attached hydrogen (secondary N) is 1. The SMILES string of the molecule is Cc1ncc(C(=O)Nc2ccc(N)c(C)c2)s1. The normalized spacial score (nSPS) is 10.2. The van der Waals surface area contributed by atoms with Gasteiger partial charge in [0.2, 0.25) is 0 Å². The summed E-state index contributed by atoms with van der Waals surface area (Å²) in [4.78, 5) is 16.5. The molecule has 0 bridgehead atoms. The first-order valence-electron chi connectivity index (χ1n) is 5.16. The summed E-state index contributed by atoms with van der Waals surface area (Å²) >= 11 is 1.37. The van der Waals surface area contributed by atoms with Gasteiger partial charge in [0.05, 0.1) is 11.2 Å². The number of thiazole rings is 1. The third kappa shape index (κ3) is 2.62. The number of amides is 1. The van der Waals surface area contributed by atoms with Crippen LogP contribution in [0.2, 0.25) is 0 Å². The van der Waals surface area contributed by atoms with Gasteiger partial charge in [0.1, 0.15) is 4.88 Å². The molecule has 0 aliphatic rings. The molecule has 0 unspecified atom stereocenters. The molecular formula is C12H13N3OS.